The van der Waals surface area contributed by atoms with Gasteiger partial charge in [0.05, 0.1) is 5.54 Å². The van der Waals surface area contributed by atoms with Crippen LogP contribution in [0.2, 0.25) is 0 Å². The number of hydrogen-bond donors (Lipinski definition) is 2. The lowest BCUT2D eigenvalue weighted by molar-refractivity contribution is 0.427. The zero-order chi connectivity index (χ0) is 18.2. The molecule has 3 aromatic rings. The molecule has 0 aliphatic heterocycles. The molecule has 0 bridgehead atoms. The molecule has 2 aromatic heterocycles. The minimum atomic E-state index is -1.72. The number of nitrogens with one attached hydrogen (secondary N) is 2. The Hall–Kier alpha value is -2.19. The first-order chi connectivity index (χ1) is 11.7. The van der Waals surface area contributed by atoms with Gasteiger partial charge in [0.2, 0.25) is 0 Å². The molecule has 0 saturated carbocycles. The maximum atomic E-state index is 12.3. The van der Waals surface area contributed by atoms with Gasteiger partial charge in [-0.25, -0.2) is 4.52 Å². The summed E-state index contributed by atoms with van der Waals surface area (Å²) in [7, 11) is 0. The quantitative estimate of drug-likeness (QED) is 0.732. The smallest absolute Gasteiger partial charge is 0.288 e. The molecule has 25 heavy (non-hydrogen) atoms. The highest BCUT2D eigenvalue weighted by Gasteiger charge is 2.31. The lowest BCUT2D eigenvalue weighted by Gasteiger charge is -2.23. The number of H-pyrrole nitrogens is 1. The van der Waals surface area contributed by atoms with E-state index >= 15 is 0 Å². The molecular formula is C17H23N5O2S. The predicted molar refractivity (Wildman–Crippen MR) is 97.4 cm³/mol. The van der Waals surface area contributed by atoms with Crippen molar-refractivity contribution in [2.24, 2.45) is 0 Å². The van der Waals surface area contributed by atoms with Crippen molar-refractivity contribution in [1.82, 2.24) is 24.5 Å². The van der Waals surface area contributed by atoms with Crippen LogP contribution in [0.3, 0.4) is 0 Å². The average Bonchev–Trinajstić information content (AvgIpc) is 3.06. The Morgan fingerprint density at radius 1 is 1.12 bits per heavy atom. The van der Waals surface area contributed by atoms with Gasteiger partial charge in [0.25, 0.3) is 11.3 Å². The van der Waals surface area contributed by atoms with Crippen molar-refractivity contribution in [2.45, 2.75) is 45.6 Å². The summed E-state index contributed by atoms with van der Waals surface area (Å²) < 4.78 is 22.5. The second kappa shape index (κ2) is 6.27. The van der Waals surface area contributed by atoms with Crippen molar-refractivity contribution in [2.75, 3.05) is 0 Å². The van der Waals surface area contributed by atoms with Gasteiger partial charge in [-0.1, -0.05) is 39.0 Å². The number of benzene rings is 1. The highest BCUT2D eigenvalue weighted by Crippen LogP contribution is 2.25. The van der Waals surface area contributed by atoms with Crippen LogP contribution in [0, 0.1) is 0 Å². The molecule has 1 unspecified atom stereocenters. The largest absolute Gasteiger partial charge is 0.389 e. The Morgan fingerprint density at radius 2 is 1.80 bits per heavy atom. The normalized spacial score (nSPS) is 14.0. The summed E-state index contributed by atoms with van der Waals surface area (Å²) in [5, 5.41) is 11.8. The second-order valence-corrected chi connectivity index (χ2v) is 8.34. The molecule has 8 heteroatoms. The average molecular weight is 361 g/mol. The van der Waals surface area contributed by atoms with Gasteiger partial charge in [0, 0.05) is 17.2 Å². The van der Waals surface area contributed by atoms with Gasteiger partial charge in [0.1, 0.15) is 5.75 Å². The molecule has 0 fully saturated rings. The van der Waals surface area contributed by atoms with Gasteiger partial charge in [-0.15, -0.1) is 10.2 Å². The van der Waals surface area contributed by atoms with Gasteiger partial charge in [-0.05, 0) is 26.0 Å². The lowest BCUT2D eigenvalue weighted by atomic mass is 9.93. The van der Waals surface area contributed by atoms with Crippen molar-refractivity contribution in [3.63, 3.8) is 0 Å². The summed E-state index contributed by atoms with van der Waals surface area (Å²) in [6, 6.07) is 11.0. The molecule has 134 valence electrons. The first kappa shape index (κ1) is 17.6. The Balaban J connectivity index is 1.83. The topological polar surface area (TPSA) is 84.3 Å². The van der Waals surface area contributed by atoms with Crippen LogP contribution in [0.25, 0.3) is 5.65 Å². The molecule has 2 N–H and O–H groups in total. The molecule has 0 spiro atoms. The summed E-state index contributed by atoms with van der Waals surface area (Å²) in [6.07, 6.45) is 0. The minimum Gasteiger partial charge on any atom is -0.389 e. The van der Waals surface area contributed by atoms with Crippen molar-refractivity contribution < 1.29 is 8.39 Å². The van der Waals surface area contributed by atoms with Crippen molar-refractivity contribution in [3.05, 3.63) is 47.9 Å². The van der Waals surface area contributed by atoms with Crippen molar-refractivity contribution in [1.29, 1.82) is 0 Å². The summed E-state index contributed by atoms with van der Waals surface area (Å²) >= 11 is -1.72. The number of nitrogens with zero attached hydrogens (tertiary/aromatic N) is 3. The summed E-state index contributed by atoms with van der Waals surface area (Å²) in [5.41, 5.74) is 1.02. The van der Waals surface area contributed by atoms with Crippen molar-refractivity contribution >= 4 is 16.9 Å². The number of hydrogen-bond acceptors (Lipinski definition) is 4. The van der Waals surface area contributed by atoms with Crippen LogP contribution in [0.4, 0.5) is 0 Å². The number of aromatic nitrogens is 4. The van der Waals surface area contributed by atoms with Crippen molar-refractivity contribution in [3.8, 4) is 5.75 Å². The first-order valence-electron chi connectivity index (χ1n) is 8.05. The number of fused-ring (bicyclic) bond motifs is 1. The standard InChI is InChI=1S/C17H23N5O2S/c1-16(2,3)13-11-14-18-19-15(22(14)20-13)17(4,5)21-25(23)24-12-9-7-6-8-10-12/h6-11,20-21H,1-5H3. The van der Waals surface area contributed by atoms with Crippen LogP contribution in [-0.4, -0.2) is 24.0 Å². The fraction of sp³-hybridized carbons (Fsp3) is 0.412. The fourth-order valence-corrected chi connectivity index (χ4v) is 3.24. The van der Waals surface area contributed by atoms with E-state index < -0.39 is 16.8 Å². The molecular weight excluding hydrogens is 338 g/mol. The third-order valence-corrected chi connectivity index (χ3v) is 4.84. The highest BCUT2D eigenvalue weighted by atomic mass is 32.2. The van der Waals surface area contributed by atoms with E-state index in [1.165, 1.54) is 0 Å². The number of rotatable bonds is 5. The van der Waals surface area contributed by atoms with E-state index in [9.17, 15) is 4.21 Å². The Kier molecular flexibility index (Phi) is 4.42. The minimum absolute atomic E-state index is 0.0330. The number of para-hydroxylation sites is 1. The van der Waals surface area contributed by atoms with E-state index in [0.717, 1.165) is 11.3 Å². The molecule has 1 aromatic carbocycles. The SMILES string of the molecule is CC(C)(C)c1cc2nnc(C(C)(C)NS(=O)Oc3ccccc3)n2[nH]1. The lowest BCUT2D eigenvalue weighted by Crippen LogP contribution is -2.41. The predicted octanol–water partition coefficient (Wildman–Crippen LogP) is 2.84. The fourth-order valence-electron chi connectivity index (χ4n) is 2.41. The van der Waals surface area contributed by atoms with Gasteiger partial charge in [-0.3, -0.25) is 5.10 Å². The van der Waals surface area contributed by atoms with Crippen LogP contribution < -0.4 is 8.91 Å². The molecule has 0 amide bonds. The van der Waals surface area contributed by atoms with E-state index in [1.54, 1.807) is 12.1 Å². The van der Waals surface area contributed by atoms with E-state index in [-0.39, 0.29) is 5.41 Å². The van der Waals surface area contributed by atoms with Gasteiger partial charge in [0.15, 0.2) is 11.5 Å². The monoisotopic (exact) mass is 361 g/mol. The van der Waals surface area contributed by atoms with E-state index in [0.29, 0.717) is 11.6 Å². The third kappa shape index (κ3) is 3.74. The summed E-state index contributed by atoms with van der Waals surface area (Å²) in [6.45, 7) is 10.1. The van der Waals surface area contributed by atoms with Crippen LogP contribution >= 0.6 is 0 Å². The van der Waals surface area contributed by atoms with E-state index in [4.69, 9.17) is 4.18 Å². The summed E-state index contributed by atoms with van der Waals surface area (Å²) in [4.78, 5) is 0. The molecule has 1 atom stereocenters. The first-order valence-corrected chi connectivity index (χ1v) is 9.12. The number of aromatic amines is 1. The van der Waals surface area contributed by atoms with Crippen LogP contribution in [-0.2, 0) is 22.2 Å². The third-order valence-electron chi connectivity index (χ3n) is 3.81. The Morgan fingerprint density at radius 3 is 2.44 bits per heavy atom. The molecule has 0 radical (unpaired) electrons. The maximum Gasteiger partial charge on any atom is 0.288 e. The Labute approximate surface area is 149 Å². The Bertz CT molecular complexity index is 893. The molecule has 0 saturated heterocycles. The molecule has 0 aliphatic carbocycles. The van der Waals surface area contributed by atoms with E-state index in [2.05, 4.69) is 40.8 Å². The molecule has 0 aliphatic rings. The zero-order valence-electron chi connectivity index (χ0n) is 15.0. The molecule has 3 rings (SSSR count). The van der Waals surface area contributed by atoms with Crippen LogP contribution in [0.5, 0.6) is 5.75 Å². The van der Waals surface area contributed by atoms with Crippen LogP contribution in [0.1, 0.15) is 46.1 Å². The molecule has 2 heterocycles. The highest BCUT2D eigenvalue weighted by molar-refractivity contribution is 7.78. The molecule has 7 nitrogen and oxygen atoms in total. The van der Waals surface area contributed by atoms with Gasteiger partial charge >= 0.3 is 0 Å². The maximum absolute atomic E-state index is 12.3. The summed E-state index contributed by atoms with van der Waals surface area (Å²) in [5.74, 6) is 1.16. The van der Waals surface area contributed by atoms with E-state index in [1.807, 2.05) is 42.6 Å². The second-order valence-electron chi connectivity index (χ2n) is 7.50. The van der Waals surface area contributed by atoms with Crippen LogP contribution in [0.15, 0.2) is 36.4 Å². The zero-order valence-corrected chi connectivity index (χ0v) is 15.8. The van der Waals surface area contributed by atoms with Gasteiger partial charge < -0.3 is 4.18 Å². The van der Waals surface area contributed by atoms with Gasteiger partial charge in [-0.2, -0.15) is 8.93 Å².